The fourth-order valence-electron chi connectivity index (χ4n) is 2.43. The van der Waals surface area contributed by atoms with E-state index in [1.807, 2.05) is 0 Å². The largest absolute Gasteiger partial charge is 0.462 e. The Labute approximate surface area is 141 Å². The Kier molecular flexibility index (Phi) is 5.34. The van der Waals surface area contributed by atoms with Crippen LogP contribution in [0.2, 0.25) is 0 Å². The molecule has 9 heteroatoms. The molecule has 1 amide bonds. The number of carbonyl (C=O) groups excluding carboxylic acids is 2. The summed E-state index contributed by atoms with van der Waals surface area (Å²) in [6.07, 6.45) is 1.84. The lowest BCUT2D eigenvalue weighted by atomic mass is 10.2. The molecule has 0 aromatic carbocycles. The Hall–Kier alpha value is -1.87. The minimum absolute atomic E-state index is 0.00644. The summed E-state index contributed by atoms with van der Waals surface area (Å²) in [6, 6.07) is 0.151. The Bertz CT molecular complexity index is 763. The predicted molar refractivity (Wildman–Crippen MR) is 87.2 cm³/mol. The SMILES string of the molecule is CCOC(=O)c1c(S(=O)(=O)NCC(=O)NC2CC2)c(C)n(C)c1C. The average Bonchev–Trinajstić information content (AvgIpc) is 3.28. The summed E-state index contributed by atoms with van der Waals surface area (Å²) in [5.74, 6) is -1.08. The van der Waals surface area contributed by atoms with Crippen LogP contribution in [-0.2, 0) is 26.6 Å². The highest BCUT2D eigenvalue weighted by atomic mass is 32.2. The molecule has 0 saturated heterocycles. The molecule has 0 aliphatic heterocycles. The van der Waals surface area contributed by atoms with Gasteiger partial charge >= 0.3 is 5.97 Å². The van der Waals surface area contributed by atoms with Gasteiger partial charge in [0.05, 0.1) is 13.2 Å². The first-order valence-electron chi connectivity index (χ1n) is 7.81. The highest BCUT2D eigenvalue weighted by molar-refractivity contribution is 7.89. The van der Waals surface area contributed by atoms with Gasteiger partial charge in [0.25, 0.3) is 0 Å². The summed E-state index contributed by atoms with van der Waals surface area (Å²) < 4.78 is 34.1. The van der Waals surface area contributed by atoms with Gasteiger partial charge in [0.2, 0.25) is 15.9 Å². The van der Waals surface area contributed by atoms with Crippen LogP contribution in [0.1, 0.15) is 41.5 Å². The Morgan fingerprint density at radius 2 is 1.88 bits per heavy atom. The molecule has 1 saturated carbocycles. The van der Waals surface area contributed by atoms with E-state index in [0.29, 0.717) is 11.4 Å². The second kappa shape index (κ2) is 6.94. The van der Waals surface area contributed by atoms with E-state index in [-0.39, 0.29) is 35.6 Å². The standard InChI is InChI=1S/C15H23N3O5S/c1-5-23-15(20)13-9(2)18(4)10(3)14(13)24(21,22)16-8-12(19)17-11-6-7-11/h11,16H,5-8H2,1-4H3,(H,17,19). The monoisotopic (exact) mass is 357 g/mol. The third-order valence-electron chi connectivity index (χ3n) is 4.04. The zero-order valence-corrected chi connectivity index (χ0v) is 15.1. The Morgan fingerprint density at radius 1 is 1.25 bits per heavy atom. The van der Waals surface area contributed by atoms with E-state index < -0.39 is 16.0 Å². The van der Waals surface area contributed by atoms with E-state index in [1.54, 1.807) is 32.4 Å². The number of hydrogen-bond donors (Lipinski definition) is 2. The minimum Gasteiger partial charge on any atom is -0.462 e. The molecule has 1 aliphatic carbocycles. The van der Waals surface area contributed by atoms with Crippen molar-refractivity contribution < 1.29 is 22.7 Å². The molecule has 0 radical (unpaired) electrons. The maximum Gasteiger partial charge on any atom is 0.341 e. The molecule has 2 N–H and O–H groups in total. The van der Waals surface area contributed by atoms with Crippen molar-refractivity contribution in [3.05, 3.63) is 17.0 Å². The third-order valence-corrected chi connectivity index (χ3v) is 5.60. The van der Waals surface area contributed by atoms with Crippen molar-refractivity contribution in [2.75, 3.05) is 13.2 Å². The number of amides is 1. The summed E-state index contributed by atoms with van der Waals surface area (Å²) in [5, 5.41) is 2.70. The van der Waals surface area contributed by atoms with Gasteiger partial charge in [0.15, 0.2) is 0 Å². The number of rotatable bonds is 7. The van der Waals surface area contributed by atoms with Crippen LogP contribution < -0.4 is 10.0 Å². The van der Waals surface area contributed by atoms with Gasteiger partial charge in [-0.3, -0.25) is 4.79 Å². The second-order valence-corrected chi connectivity index (χ2v) is 7.52. The Morgan fingerprint density at radius 3 is 2.42 bits per heavy atom. The first-order valence-corrected chi connectivity index (χ1v) is 9.29. The number of nitrogens with one attached hydrogen (secondary N) is 2. The minimum atomic E-state index is -4.03. The number of nitrogens with zero attached hydrogens (tertiary/aromatic N) is 1. The first kappa shape index (κ1) is 18.5. The third kappa shape index (κ3) is 3.78. The fraction of sp³-hybridized carbons (Fsp3) is 0.600. The highest BCUT2D eigenvalue weighted by Gasteiger charge is 2.32. The van der Waals surface area contributed by atoms with Crippen molar-refractivity contribution in [1.29, 1.82) is 0 Å². The average molecular weight is 357 g/mol. The lowest BCUT2D eigenvalue weighted by Gasteiger charge is -2.09. The zero-order valence-electron chi connectivity index (χ0n) is 14.3. The number of hydrogen-bond acceptors (Lipinski definition) is 5. The molecule has 0 unspecified atom stereocenters. The van der Waals surface area contributed by atoms with Crippen LogP contribution in [0, 0.1) is 13.8 Å². The van der Waals surface area contributed by atoms with Gasteiger partial charge < -0.3 is 14.6 Å². The zero-order chi connectivity index (χ0) is 18.1. The molecular weight excluding hydrogens is 334 g/mol. The molecule has 1 fully saturated rings. The van der Waals surface area contributed by atoms with E-state index in [4.69, 9.17) is 4.74 Å². The predicted octanol–water partition coefficient (Wildman–Crippen LogP) is 0.376. The lowest BCUT2D eigenvalue weighted by molar-refractivity contribution is -0.120. The maximum atomic E-state index is 12.6. The van der Waals surface area contributed by atoms with Crippen LogP contribution in [0.5, 0.6) is 0 Å². The quantitative estimate of drug-likeness (QED) is 0.686. The summed E-state index contributed by atoms with van der Waals surface area (Å²) in [5.41, 5.74) is 0.909. The normalized spacial score (nSPS) is 14.5. The maximum absolute atomic E-state index is 12.6. The number of carbonyl (C=O) groups is 2. The van der Waals surface area contributed by atoms with Crippen LogP contribution in [0.4, 0.5) is 0 Å². The molecule has 1 heterocycles. The Balaban J connectivity index is 2.29. The van der Waals surface area contributed by atoms with Crippen molar-refractivity contribution >= 4 is 21.9 Å². The van der Waals surface area contributed by atoms with E-state index >= 15 is 0 Å². The van der Waals surface area contributed by atoms with Crippen molar-refractivity contribution in [3.8, 4) is 0 Å². The van der Waals surface area contributed by atoms with Crippen molar-refractivity contribution in [1.82, 2.24) is 14.6 Å². The molecule has 2 rings (SSSR count). The molecule has 1 aromatic rings. The van der Waals surface area contributed by atoms with Gasteiger partial charge in [0.1, 0.15) is 10.5 Å². The number of sulfonamides is 1. The number of aromatic nitrogens is 1. The van der Waals surface area contributed by atoms with E-state index in [0.717, 1.165) is 12.8 Å². The van der Waals surface area contributed by atoms with E-state index in [2.05, 4.69) is 10.0 Å². The van der Waals surface area contributed by atoms with Crippen molar-refractivity contribution in [2.45, 2.75) is 44.6 Å². The van der Waals surface area contributed by atoms with Gasteiger partial charge in [-0.05, 0) is 33.6 Å². The molecule has 24 heavy (non-hydrogen) atoms. The molecule has 1 aliphatic rings. The van der Waals surface area contributed by atoms with Crippen LogP contribution >= 0.6 is 0 Å². The van der Waals surface area contributed by atoms with Crippen LogP contribution in [0.25, 0.3) is 0 Å². The van der Waals surface area contributed by atoms with Crippen LogP contribution in [0.15, 0.2) is 4.90 Å². The molecule has 134 valence electrons. The van der Waals surface area contributed by atoms with Gasteiger partial charge in [-0.1, -0.05) is 0 Å². The van der Waals surface area contributed by atoms with Crippen LogP contribution in [0.3, 0.4) is 0 Å². The van der Waals surface area contributed by atoms with Crippen LogP contribution in [-0.4, -0.2) is 44.1 Å². The van der Waals surface area contributed by atoms with Gasteiger partial charge in [-0.15, -0.1) is 0 Å². The highest BCUT2D eigenvalue weighted by Crippen LogP contribution is 2.26. The van der Waals surface area contributed by atoms with Gasteiger partial charge in [-0.2, -0.15) is 0 Å². The first-order chi connectivity index (χ1) is 11.2. The number of esters is 1. The summed E-state index contributed by atoms with van der Waals surface area (Å²) >= 11 is 0. The molecular formula is C15H23N3O5S. The molecule has 0 bridgehead atoms. The summed E-state index contributed by atoms with van der Waals surface area (Å²) in [4.78, 5) is 23.8. The van der Waals surface area contributed by atoms with E-state index in [9.17, 15) is 18.0 Å². The molecule has 1 aromatic heterocycles. The van der Waals surface area contributed by atoms with E-state index in [1.165, 1.54) is 0 Å². The smallest absolute Gasteiger partial charge is 0.341 e. The molecule has 0 atom stereocenters. The topological polar surface area (TPSA) is 106 Å². The summed E-state index contributed by atoms with van der Waals surface area (Å²) in [7, 11) is -2.36. The van der Waals surface area contributed by atoms with Crippen molar-refractivity contribution in [2.24, 2.45) is 7.05 Å². The van der Waals surface area contributed by atoms with Gasteiger partial charge in [0, 0.05) is 24.5 Å². The summed E-state index contributed by atoms with van der Waals surface area (Å²) in [6.45, 7) is 4.68. The molecule has 0 spiro atoms. The lowest BCUT2D eigenvalue weighted by Crippen LogP contribution is -2.38. The second-order valence-electron chi connectivity index (χ2n) is 5.82. The number of ether oxygens (including phenoxy) is 1. The fourth-order valence-corrected chi connectivity index (χ4v) is 3.92. The van der Waals surface area contributed by atoms with Gasteiger partial charge in [-0.25, -0.2) is 17.9 Å². The van der Waals surface area contributed by atoms with Crippen molar-refractivity contribution in [3.63, 3.8) is 0 Å². The molecule has 8 nitrogen and oxygen atoms in total.